The van der Waals surface area contributed by atoms with Crippen LogP contribution in [0.1, 0.15) is 18.4 Å². The third-order valence-corrected chi connectivity index (χ3v) is 3.58. The maximum atomic E-state index is 11.7. The second kappa shape index (κ2) is 15.5. The fourth-order valence-electron chi connectivity index (χ4n) is 2.28. The number of pyridine rings is 1. The molecule has 0 atom stereocenters. The molecule has 0 spiro atoms. The Morgan fingerprint density at radius 3 is 2.12 bits per heavy atom. The van der Waals surface area contributed by atoms with E-state index in [1.807, 2.05) is 42.7 Å². The molecule has 188 valence electrons. The first-order valence-electron chi connectivity index (χ1n) is 9.50. The van der Waals surface area contributed by atoms with Gasteiger partial charge in [0.25, 0.3) is 0 Å². The average molecular weight is 505 g/mol. The van der Waals surface area contributed by atoms with Gasteiger partial charge in [-0.15, -0.1) is 0 Å². The second-order valence-electron chi connectivity index (χ2n) is 6.38. The topological polar surface area (TPSA) is 57.9 Å². The van der Waals surface area contributed by atoms with E-state index in [-0.39, 0.29) is 11.3 Å². The predicted molar refractivity (Wildman–Crippen MR) is 108 cm³/mol. The maximum Gasteiger partial charge on any atom is -1.00 e. The molecule has 0 saturated carbocycles. The Hall–Kier alpha value is -2.27. The molecule has 0 aliphatic heterocycles. The van der Waals surface area contributed by atoms with E-state index in [1.54, 1.807) is 19.2 Å². The summed E-state index contributed by atoms with van der Waals surface area (Å²) in [7, 11) is -6.93. The number of aryl methyl sites for hydroxylation is 1. The molecule has 0 unspecified atom stereocenters. The largest absolute Gasteiger partial charge is 1.00 e. The number of rotatable bonds is 12. The summed E-state index contributed by atoms with van der Waals surface area (Å²) in [5.41, 5.74) is 1.01. The van der Waals surface area contributed by atoms with Crippen molar-refractivity contribution in [3.05, 3.63) is 60.4 Å². The maximum absolute atomic E-state index is 11.7. The molecule has 2 aromatic rings. The molecule has 6 nitrogen and oxygen atoms in total. The first kappa shape index (κ1) is 30.7. The number of esters is 1. The number of nitrogens with zero attached hydrogens (tertiary/aromatic N) is 1. The van der Waals surface area contributed by atoms with Gasteiger partial charge >= 0.3 is 35.1 Å². The molecule has 1 aromatic carbocycles. The van der Waals surface area contributed by atoms with Gasteiger partial charge in [-0.2, -0.15) is 0 Å². The first-order chi connectivity index (χ1) is 15.0. The SMILES string of the molecule is COCOCCCC[n+]1ccc(COCC(=O)Oc2ccccc2)cc1.FP(F)(F)(F)F.[F-]. The molecule has 1 aromatic heterocycles. The molecular formula is C20H26F6NO5P. The number of unbranched alkanes of at least 4 members (excludes halogenated alkanes) is 1. The fourth-order valence-corrected chi connectivity index (χ4v) is 2.28. The summed E-state index contributed by atoms with van der Waals surface area (Å²) in [5.74, 6) is 0.118. The fraction of sp³-hybridized carbons (Fsp3) is 0.400. The molecule has 0 fully saturated rings. The van der Waals surface area contributed by atoms with Crippen molar-refractivity contribution in [2.75, 3.05) is 27.1 Å². The van der Waals surface area contributed by atoms with Crippen LogP contribution in [0.4, 0.5) is 21.0 Å². The van der Waals surface area contributed by atoms with Gasteiger partial charge in [0, 0.05) is 32.3 Å². The number of carbonyl (C=O) groups excluding carboxylic acids is 1. The Labute approximate surface area is 188 Å². The number of carbonyl (C=O) groups is 1. The number of para-hydroxylation sites is 1. The van der Waals surface area contributed by atoms with Crippen molar-refractivity contribution in [1.82, 2.24) is 0 Å². The third-order valence-electron chi connectivity index (χ3n) is 3.58. The molecule has 2 rings (SSSR count). The van der Waals surface area contributed by atoms with Crippen LogP contribution in [0.15, 0.2) is 54.9 Å². The number of ether oxygens (including phenoxy) is 4. The number of hydrogen-bond donors (Lipinski definition) is 0. The Morgan fingerprint density at radius 2 is 1.55 bits per heavy atom. The smallest absolute Gasteiger partial charge is 1.00 e. The second-order valence-corrected chi connectivity index (χ2v) is 7.66. The van der Waals surface area contributed by atoms with Crippen LogP contribution in [-0.2, 0) is 32.2 Å². The molecule has 33 heavy (non-hydrogen) atoms. The van der Waals surface area contributed by atoms with E-state index in [4.69, 9.17) is 18.9 Å². The normalized spacial score (nSPS) is 11.9. The average Bonchev–Trinajstić information content (AvgIpc) is 2.70. The van der Waals surface area contributed by atoms with Crippen molar-refractivity contribution in [3.8, 4) is 5.75 Å². The zero-order valence-corrected chi connectivity index (χ0v) is 18.7. The number of benzene rings is 1. The van der Waals surface area contributed by atoms with Crippen LogP contribution in [0.2, 0.25) is 0 Å². The van der Waals surface area contributed by atoms with Crippen molar-refractivity contribution >= 4 is 14.1 Å². The Morgan fingerprint density at radius 1 is 0.939 bits per heavy atom. The van der Waals surface area contributed by atoms with E-state index < -0.39 is 14.1 Å². The van der Waals surface area contributed by atoms with E-state index in [2.05, 4.69) is 4.57 Å². The predicted octanol–water partition coefficient (Wildman–Crippen LogP) is 2.46. The molecule has 0 aliphatic carbocycles. The van der Waals surface area contributed by atoms with Crippen molar-refractivity contribution in [1.29, 1.82) is 0 Å². The van der Waals surface area contributed by atoms with E-state index >= 15 is 0 Å². The summed E-state index contributed by atoms with van der Waals surface area (Å²) in [6.07, 6.45) is 6.05. The zero-order chi connectivity index (χ0) is 23.9. The van der Waals surface area contributed by atoms with Crippen LogP contribution in [-0.4, -0.2) is 33.1 Å². The van der Waals surface area contributed by atoms with E-state index in [1.165, 1.54) is 0 Å². The van der Waals surface area contributed by atoms with E-state index in [9.17, 15) is 25.8 Å². The Bertz CT molecular complexity index is 774. The molecule has 0 aliphatic rings. The molecule has 13 heteroatoms. The standard InChI is InChI=1S/C20H26NO5.F5P.FH/c1-23-17-24-14-6-5-11-21-12-9-18(10-13-21)15-25-16-20(22)26-19-7-3-2-4-8-19;1-6(2,3,4)5;/h2-4,7-10,12-13H,5-6,11,14-17H2,1H3;;1H/q+1;;/p-1. The van der Waals surface area contributed by atoms with Gasteiger partial charge in [-0.25, -0.2) is 9.36 Å². The number of halogens is 6. The van der Waals surface area contributed by atoms with Crippen molar-refractivity contribution < 1.29 is 54.0 Å². The van der Waals surface area contributed by atoms with Crippen LogP contribution in [0.5, 0.6) is 5.75 Å². The zero-order valence-electron chi connectivity index (χ0n) is 17.8. The van der Waals surface area contributed by atoms with Crippen LogP contribution >= 0.6 is 8.16 Å². The van der Waals surface area contributed by atoms with Crippen molar-refractivity contribution in [2.45, 2.75) is 26.0 Å². The van der Waals surface area contributed by atoms with Gasteiger partial charge in [0.1, 0.15) is 25.7 Å². The quantitative estimate of drug-likeness (QED) is 0.0844. The van der Waals surface area contributed by atoms with Gasteiger partial charge in [0.2, 0.25) is 0 Å². The summed E-state index contributed by atoms with van der Waals surface area (Å²) in [6.45, 7) is 2.28. The molecule has 1 heterocycles. The number of aromatic nitrogens is 1. The van der Waals surface area contributed by atoms with Gasteiger partial charge < -0.3 is 23.7 Å². The van der Waals surface area contributed by atoms with Crippen LogP contribution < -0.4 is 14.0 Å². The van der Waals surface area contributed by atoms with Crippen LogP contribution in [0.3, 0.4) is 0 Å². The van der Waals surface area contributed by atoms with Crippen molar-refractivity contribution in [2.24, 2.45) is 0 Å². The summed E-state index contributed by atoms with van der Waals surface area (Å²) in [5, 5.41) is 0. The van der Waals surface area contributed by atoms with Gasteiger partial charge in [-0.3, -0.25) is 0 Å². The monoisotopic (exact) mass is 505 g/mol. The molecule has 0 bridgehead atoms. The minimum absolute atomic E-state index is 0. The summed E-state index contributed by atoms with van der Waals surface area (Å²) in [4.78, 5) is 11.7. The Kier molecular flexibility index (Phi) is 14.5. The summed E-state index contributed by atoms with van der Waals surface area (Å²) in [6, 6.07) is 12.9. The minimum atomic E-state index is -8.55. The van der Waals surface area contributed by atoms with Gasteiger partial charge in [-0.1, -0.05) is 18.2 Å². The Balaban J connectivity index is 0.00000129. The molecule has 0 amide bonds. The third kappa shape index (κ3) is 20.1. The number of methoxy groups -OCH3 is 1. The molecule has 0 N–H and O–H groups in total. The van der Waals surface area contributed by atoms with Gasteiger partial charge in [0.15, 0.2) is 12.4 Å². The van der Waals surface area contributed by atoms with Gasteiger partial charge in [0.05, 0.1) is 6.61 Å². The van der Waals surface area contributed by atoms with Crippen LogP contribution in [0, 0.1) is 0 Å². The van der Waals surface area contributed by atoms with Crippen LogP contribution in [0.25, 0.3) is 0 Å². The van der Waals surface area contributed by atoms with Gasteiger partial charge in [-0.05, 0) is 24.1 Å². The molecular weight excluding hydrogens is 479 g/mol. The summed E-state index contributed by atoms with van der Waals surface area (Å²) < 4.78 is 72.0. The van der Waals surface area contributed by atoms with E-state index in [0.717, 1.165) is 24.9 Å². The van der Waals surface area contributed by atoms with E-state index in [0.29, 0.717) is 25.8 Å². The number of hydrogen-bond acceptors (Lipinski definition) is 5. The first-order valence-corrected chi connectivity index (χ1v) is 11.2. The molecule has 0 radical (unpaired) electrons. The van der Waals surface area contributed by atoms with Crippen molar-refractivity contribution in [3.63, 3.8) is 0 Å². The molecule has 0 saturated heterocycles. The minimum Gasteiger partial charge on any atom is -1.00 e. The summed E-state index contributed by atoms with van der Waals surface area (Å²) >= 11 is 0.